The van der Waals surface area contributed by atoms with E-state index in [-0.39, 0.29) is 11.6 Å². The van der Waals surface area contributed by atoms with Gasteiger partial charge in [0.2, 0.25) is 0 Å². The van der Waals surface area contributed by atoms with Crippen molar-refractivity contribution in [3.8, 4) is 0 Å². The summed E-state index contributed by atoms with van der Waals surface area (Å²) in [7, 11) is 0. The normalized spacial score (nSPS) is 16.0. The fourth-order valence-corrected chi connectivity index (χ4v) is 1.53. The van der Waals surface area contributed by atoms with Gasteiger partial charge in [0.1, 0.15) is 5.60 Å². The van der Waals surface area contributed by atoms with Gasteiger partial charge in [-0.2, -0.15) is 0 Å². The van der Waals surface area contributed by atoms with Crippen LogP contribution in [-0.4, -0.2) is 11.6 Å². The predicted octanol–water partition coefficient (Wildman–Crippen LogP) is 3.01. The minimum atomic E-state index is -0.306. The molecule has 0 saturated carbocycles. The lowest BCUT2D eigenvalue weighted by Gasteiger charge is -2.34. The molecule has 0 fully saturated rings. The largest absolute Gasteiger partial charge is 0.459 e. The minimum absolute atomic E-state index is 0.183. The van der Waals surface area contributed by atoms with Crippen molar-refractivity contribution in [2.45, 2.75) is 53.6 Å². The van der Waals surface area contributed by atoms with Gasteiger partial charge < -0.3 is 4.74 Å². The number of esters is 1. The molecule has 13 heavy (non-hydrogen) atoms. The van der Waals surface area contributed by atoms with E-state index in [2.05, 4.69) is 27.7 Å². The summed E-state index contributed by atoms with van der Waals surface area (Å²) in [5.74, 6) is 0.724. The Morgan fingerprint density at radius 3 is 2.00 bits per heavy atom. The van der Waals surface area contributed by atoms with E-state index in [4.69, 9.17) is 4.74 Å². The van der Waals surface area contributed by atoms with Crippen LogP contribution in [0.3, 0.4) is 0 Å². The molecule has 2 nitrogen and oxygen atoms in total. The number of carbonyl (C=O) groups is 1. The topological polar surface area (TPSA) is 26.3 Å². The molecule has 0 amide bonds. The average Bonchev–Trinajstić information content (AvgIpc) is 1.82. The van der Waals surface area contributed by atoms with Crippen LogP contribution < -0.4 is 0 Å². The zero-order chi connectivity index (χ0) is 10.6. The average molecular weight is 186 g/mol. The molecule has 0 aliphatic heterocycles. The molecular weight excluding hydrogens is 164 g/mol. The molecule has 1 unspecified atom stereocenters. The fraction of sp³-hybridized carbons (Fsp3) is 0.909. The molecular formula is C11H22O2. The van der Waals surface area contributed by atoms with Gasteiger partial charge in [0.05, 0.1) is 0 Å². The van der Waals surface area contributed by atoms with Crippen LogP contribution in [0.2, 0.25) is 0 Å². The van der Waals surface area contributed by atoms with Crippen molar-refractivity contribution < 1.29 is 9.53 Å². The number of carbonyl (C=O) groups excluding carboxylic acids is 1. The molecule has 2 heteroatoms. The zero-order valence-electron chi connectivity index (χ0n) is 9.68. The van der Waals surface area contributed by atoms with Gasteiger partial charge in [0.15, 0.2) is 0 Å². The summed E-state index contributed by atoms with van der Waals surface area (Å²) >= 11 is 0. The second-order valence-electron chi connectivity index (χ2n) is 4.66. The van der Waals surface area contributed by atoms with Gasteiger partial charge in [-0.15, -0.1) is 0 Å². The highest BCUT2D eigenvalue weighted by Gasteiger charge is 2.32. The van der Waals surface area contributed by atoms with Gasteiger partial charge in [-0.3, -0.25) is 4.79 Å². The number of ether oxygens (including phenoxy) is 1. The smallest absolute Gasteiger partial charge is 0.303 e. The molecule has 0 saturated heterocycles. The summed E-state index contributed by atoms with van der Waals surface area (Å²) in [6.45, 7) is 11.9. The third-order valence-corrected chi connectivity index (χ3v) is 2.41. The van der Waals surface area contributed by atoms with Crippen molar-refractivity contribution in [2.75, 3.05) is 0 Å². The molecule has 1 atom stereocenters. The molecule has 0 heterocycles. The van der Waals surface area contributed by atoms with Crippen LogP contribution in [0.25, 0.3) is 0 Å². The first-order valence-corrected chi connectivity index (χ1v) is 4.97. The van der Waals surface area contributed by atoms with Crippen LogP contribution in [0, 0.1) is 11.8 Å². The van der Waals surface area contributed by atoms with Gasteiger partial charge in [0.25, 0.3) is 0 Å². The van der Waals surface area contributed by atoms with E-state index in [0.717, 1.165) is 6.42 Å². The lowest BCUT2D eigenvalue weighted by molar-refractivity contribution is -0.161. The molecule has 0 aromatic carbocycles. The molecule has 78 valence electrons. The van der Waals surface area contributed by atoms with Crippen LogP contribution >= 0.6 is 0 Å². The summed E-state index contributed by atoms with van der Waals surface area (Å²) in [5, 5.41) is 0. The summed E-state index contributed by atoms with van der Waals surface area (Å²) in [5.41, 5.74) is -0.306. The van der Waals surface area contributed by atoms with Crippen LogP contribution in [0.1, 0.15) is 48.0 Å². The third kappa shape index (κ3) is 4.30. The standard InChI is InChI=1S/C11H22O2/c1-8(2)7-11(6,9(3)4)13-10(5)12/h8-9H,7H2,1-6H3. The van der Waals surface area contributed by atoms with Gasteiger partial charge >= 0.3 is 5.97 Å². The molecule has 0 spiro atoms. The van der Waals surface area contributed by atoms with E-state index in [9.17, 15) is 4.79 Å². The summed E-state index contributed by atoms with van der Waals surface area (Å²) < 4.78 is 5.37. The quantitative estimate of drug-likeness (QED) is 0.631. The van der Waals surface area contributed by atoms with Crippen molar-refractivity contribution in [3.05, 3.63) is 0 Å². The Labute approximate surface area is 81.7 Å². The molecule has 0 radical (unpaired) electrons. The van der Waals surface area contributed by atoms with Crippen molar-refractivity contribution in [2.24, 2.45) is 11.8 Å². The van der Waals surface area contributed by atoms with Crippen LogP contribution in [-0.2, 0) is 9.53 Å². The molecule has 0 N–H and O–H groups in total. The molecule has 0 aliphatic carbocycles. The first-order chi connectivity index (χ1) is 5.78. The lowest BCUT2D eigenvalue weighted by atomic mass is 9.84. The van der Waals surface area contributed by atoms with E-state index in [1.54, 1.807) is 0 Å². The Bertz CT molecular complexity index is 173. The van der Waals surface area contributed by atoms with Crippen molar-refractivity contribution in [1.29, 1.82) is 0 Å². The van der Waals surface area contributed by atoms with E-state index in [1.807, 2.05) is 6.92 Å². The van der Waals surface area contributed by atoms with E-state index < -0.39 is 0 Å². The third-order valence-electron chi connectivity index (χ3n) is 2.41. The Hall–Kier alpha value is -0.530. The molecule has 0 bridgehead atoms. The van der Waals surface area contributed by atoms with Gasteiger partial charge in [-0.1, -0.05) is 27.7 Å². The van der Waals surface area contributed by atoms with Crippen LogP contribution in [0.4, 0.5) is 0 Å². The van der Waals surface area contributed by atoms with Gasteiger partial charge in [0, 0.05) is 6.92 Å². The van der Waals surface area contributed by atoms with E-state index >= 15 is 0 Å². The zero-order valence-corrected chi connectivity index (χ0v) is 9.68. The minimum Gasteiger partial charge on any atom is -0.459 e. The van der Waals surface area contributed by atoms with Gasteiger partial charge in [-0.05, 0) is 25.2 Å². The molecule has 0 rings (SSSR count). The number of hydrogen-bond acceptors (Lipinski definition) is 2. The molecule has 0 aliphatic rings. The summed E-state index contributed by atoms with van der Waals surface area (Å²) in [6.07, 6.45) is 0.921. The second kappa shape index (κ2) is 4.64. The predicted molar refractivity (Wildman–Crippen MR) is 54.5 cm³/mol. The fourth-order valence-electron chi connectivity index (χ4n) is 1.53. The van der Waals surface area contributed by atoms with E-state index in [1.165, 1.54) is 6.92 Å². The SMILES string of the molecule is CC(=O)OC(C)(CC(C)C)C(C)C. The summed E-state index contributed by atoms with van der Waals surface area (Å²) in [4.78, 5) is 10.9. The Morgan fingerprint density at radius 2 is 1.77 bits per heavy atom. The second-order valence-corrected chi connectivity index (χ2v) is 4.66. The number of rotatable bonds is 4. The highest BCUT2D eigenvalue weighted by molar-refractivity contribution is 5.66. The number of hydrogen-bond donors (Lipinski definition) is 0. The van der Waals surface area contributed by atoms with Crippen LogP contribution in [0.5, 0.6) is 0 Å². The van der Waals surface area contributed by atoms with Crippen LogP contribution in [0.15, 0.2) is 0 Å². The maximum atomic E-state index is 10.9. The van der Waals surface area contributed by atoms with Crippen molar-refractivity contribution in [1.82, 2.24) is 0 Å². The Kier molecular flexibility index (Phi) is 4.45. The lowest BCUT2D eigenvalue weighted by Crippen LogP contribution is -2.37. The Morgan fingerprint density at radius 1 is 1.31 bits per heavy atom. The van der Waals surface area contributed by atoms with Crippen molar-refractivity contribution in [3.63, 3.8) is 0 Å². The van der Waals surface area contributed by atoms with E-state index in [0.29, 0.717) is 11.8 Å². The monoisotopic (exact) mass is 186 g/mol. The summed E-state index contributed by atoms with van der Waals surface area (Å²) in [6, 6.07) is 0. The van der Waals surface area contributed by atoms with Gasteiger partial charge in [-0.25, -0.2) is 0 Å². The maximum absolute atomic E-state index is 10.9. The first-order valence-electron chi connectivity index (χ1n) is 4.97. The highest BCUT2D eigenvalue weighted by atomic mass is 16.6. The maximum Gasteiger partial charge on any atom is 0.303 e. The Balaban J connectivity index is 4.43. The first kappa shape index (κ1) is 12.5. The van der Waals surface area contributed by atoms with Crippen molar-refractivity contribution >= 4 is 5.97 Å². The molecule has 0 aromatic heterocycles. The molecule has 0 aromatic rings. The highest BCUT2D eigenvalue weighted by Crippen LogP contribution is 2.29.